The van der Waals surface area contributed by atoms with E-state index in [1.165, 1.54) is 0 Å². The van der Waals surface area contributed by atoms with Crippen molar-refractivity contribution in [2.24, 2.45) is 0 Å². The lowest BCUT2D eigenvalue weighted by atomic mass is 10.1. The molecule has 1 amide bonds. The van der Waals surface area contributed by atoms with Gasteiger partial charge >= 0.3 is 0 Å². The molecule has 5 nitrogen and oxygen atoms in total. The third-order valence-electron chi connectivity index (χ3n) is 4.23. The van der Waals surface area contributed by atoms with Crippen molar-refractivity contribution in [2.75, 3.05) is 0 Å². The van der Waals surface area contributed by atoms with Crippen LogP contribution in [0.15, 0.2) is 54.7 Å². The van der Waals surface area contributed by atoms with Gasteiger partial charge in [-0.15, -0.1) is 0 Å². The summed E-state index contributed by atoms with van der Waals surface area (Å²) in [7, 11) is 0. The molecule has 0 saturated carbocycles. The molecule has 0 fully saturated rings. The molecule has 0 saturated heterocycles. The maximum Gasteiger partial charge on any atom is 0.251 e. The van der Waals surface area contributed by atoms with Crippen molar-refractivity contribution in [3.05, 3.63) is 82.1 Å². The Morgan fingerprint density at radius 3 is 2.70 bits per heavy atom. The summed E-state index contributed by atoms with van der Waals surface area (Å²) in [5.74, 6) is 0.541. The fraction of sp³-hybridized carbons (Fsp3) is 0.238. The van der Waals surface area contributed by atoms with Gasteiger partial charge in [-0.05, 0) is 55.3 Å². The number of halogens is 1. The van der Waals surface area contributed by atoms with E-state index in [2.05, 4.69) is 10.4 Å². The first-order chi connectivity index (χ1) is 13.1. The number of rotatable bonds is 7. The number of nitrogens with one attached hydrogen (secondary N) is 1. The zero-order chi connectivity index (χ0) is 19.2. The monoisotopic (exact) mass is 383 g/mol. The summed E-state index contributed by atoms with van der Waals surface area (Å²) in [5.41, 5.74) is 3.64. The van der Waals surface area contributed by atoms with Crippen LogP contribution in [0.3, 0.4) is 0 Å². The summed E-state index contributed by atoms with van der Waals surface area (Å²) in [4.78, 5) is 12.3. The molecule has 3 rings (SSSR count). The standard InChI is InChI=1S/C21H22ClN3O2/c1-3-25-18(10-11-24-25)13-23-21(26)17-7-5-16(6-8-17)14-27-20-12-15(2)4-9-19(20)22/h4-12H,3,13-14H2,1-2H3,(H,23,26). The van der Waals surface area contributed by atoms with Crippen LogP contribution in [0.25, 0.3) is 0 Å². The third-order valence-corrected chi connectivity index (χ3v) is 4.54. The quantitative estimate of drug-likeness (QED) is 0.659. The van der Waals surface area contributed by atoms with E-state index in [1.54, 1.807) is 18.3 Å². The van der Waals surface area contributed by atoms with Gasteiger partial charge in [-0.1, -0.05) is 29.8 Å². The number of benzene rings is 2. The molecule has 0 atom stereocenters. The van der Waals surface area contributed by atoms with Crippen LogP contribution in [-0.4, -0.2) is 15.7 Å². The molecule has 0 radical (unpaired) electrons. The second kappa shape index (κ2) is 8.73. The third kappa shape index (κ3) is 4.89. The van der Waals surface area contributed by atoms with Crippen molar-refractivity contribution in [3.8, 4) is 5.75 Å². The fourth-order valence-corrected chi connectivity index (χ4v) is 2.87. The normalized spacial score (nSPS) is 10.6. The lowest BCUT2D eigenvalue weighted by Crippen LogP contribution is -2.24. The number of hydrogen-bond donors (Lipinski definition) is 1. The van der Waals surface area contributed by atoms with Gasteiger partial charge in [0.05, 0.1) is 17.3 Å². The number of aryl methyl sites for hydroxylation is 2. The van der Waals surface area contributed by atoms with Gasteiger partial charge in [-0.3, -0.25) is 9.48 Å². The molecule has 0 aliphatic rings. The molecule has 2 aromatic carbocycles. The second-order valence-corrected chi connectivity index (χ2v) is 6.65. The van der Waals surface area contributed by atoms with E-state index in [1.807, 2.05) is 54.9 Å². The Kier molecular flexibility index (Phi) is 6.14. The maximum atomic E-state index is 12.3. The molecule has 0 aliphatic carbocycles. The topological polar surface area (TPSA) is 56.2 Å². The van der Waals surface area contributed by atoms with Crippen molar-refractivity contribution in [3.63, 3.8) is 0 Å². The van der Waals surface area contributed by atoms with E-state index in [0.29, 0.717) is 29.5 Å². The number of carbonyl (C=O) groups excluding carboxylic acids is 1. The van der Waals surface area contributed by atoms with Crippen molar-refractivity contribution >= 4 is 17.5 Å². The number of nitrogens with zero attached hydrogens (tertiary/aromatic N) is 2. The molecular formula is C21H22ClN3O2. The lowest BCUT2D eigenvalue weighted by Gasteiger charge is -2.10. The zero-order valence-electron chi connectivity index (χ0n) is 15.4. The molecule has 1 heterocycles. The Morgan fingerprint density at radius 2 is 1.96 bits per heavy atom. The number of amides is 1. The fourth-order valence-electron chi connectivity index (χ4n) is 2.70. The van der Waals surface area contributed by atoms with E-state index < -0.39 is 0 Å². The number of ether oxygens (including phenoxy) is 1. The SMILES string of the molecule is CCn1nccc1CNC(=O)c1ccc(COc2cc(C)ccc2Cl)cc1. The highest BCUT2D eigenvalue weighted by Crippen LogP contribution is 2.26. The minimum absolute atomic E-state index is 0.118. The van der Waals surface area contributed by atoms with E-state index >= 15 is 0 Å². The molecule has 3 aromatic rings. The predicted molar refractivity (Wildman–Crippen MR) is 106 cm³/mol. The Morgan fingerprint density at radius 1 is 1.19 bits per heavy atom. The summed E-state index contributed by atoms with van der Waals surface area (Å²) in [6, 6.07) is 14.9. The van der Waals surface area contributed by atoms with Gasteiger partial charge in [0.1, 0.15) is 12.4 Å². The average molecular weight is 384 g/mol. The summed E-state index contributed by atoms with van der Waals surface area (Å²) in [5, 5.41) is 7.70. The highest BCUT2D eigenvalue weighted by atomic mass is 35.5. The molecule has 0 unspecified atom stereocenters. The van der Waals surface area contributed by atoms with Crippen LogP contribution >= 0.6 is 11.6 Å². The van der Waals surface area contributed by atoms with Gasteiger partial charge < -0.3 is 10.1 Å². The molecule has 1 aromatic heterocycles. The van der Waals surface area contributed by atoms with Gasteiger partial charge in [-0.2, -0.15) is 5.10 Å². The molecule has 0 spiro atoms. The first kappa shape index (κ1) is 19.0. The van der Waals surface area contributed by atoms with Crippen molar-refractivity contribution in [1.82, 2.24) is 15.1 Å². The van der Waals surface area contributed by atoms with Crippen LogP contribution < -0.4 is 10.1 Å². The van der Waals surface area contributed by atoms with Crippen LogP contribution in [-0.2, 0) is 19.7 Å². The van der Waals surface area contributed by atoms with Gasteiger partial charge in [0, 0.05) is 18.3 Å². The van der Waals surface area contributed by atoms with Crippen molar-refractivity contribution in [1.29, 1.82) is 0 Å². The van der Waals surface area contributed by atoms with Crippen molar-refractivity contribution in [2.45, 2.75) is 33.5 Å². The molecule has 0 bridgehead atoms. The second-order valence-electron chi connectivity index (χ2n) is 6.24. The average Bonchev–Trinajstić information content (AvgIpc) is 3.15. The number of aromatic nitrogens is 2. The van der Waals surface area contributed by atoms with Crippen LogP contribution in [0.1, 0.15) is 34.1 Å². The van der Waals surface area contributed by atoms with E-state index in [0.717, 1.165) is 23.4 Å². The highest BCUT2D eigenvalue weighted by Gasteiger charge is 2.08. The summed E-state index contributed by atoms with van der Waals surface area (Å²) >= 11 is 6.14. The van der Waals surface area contributed by atoms with E-state index in [-0.39, 0.29) is 5.91 Å². The smallest absolute Gasteiger partial charge is 0.251 e. The first-order valence-electron chi connectivity index (χ1n) is 8.83. The van der Waals surface area contributed by atoms with Crippen LogP contribution in [0.4, 0.5) is 0 Å². The van der Waals surface area contributed by atoms with Gasteiger partial charge in [0.25, 0.3) is 5.91 Å². The lowest BCUT2D eigenvalue weighted by molar-refractivity contribution is 0.0950. The molecule has 0 aliphatic heterocycles. The Hall–Kier alpha value is -2.79. The van der Waals surface area contributed by atoms with E-state index in [4.69, 9.17) is 16.3 Å². The minimum Gasteiger partial charge on any atom is -0.487 e. The van der Waals surface area contributed by atoms with Gasteiger partial charge in [-0.25, -0.2) is 0 Å². The van der Waals surface area contributed by atoms with Gasteiger partial charge in [0.15, 0.2) is 0 Å². The number of hydrogen-bond acceptors (Lipinski definition) is 3. The van der Waals surface area contributed by atoms with Crippen LogP contribution in [0, 0.1) is 6.92 Å². The highest BCUT2D eigenvalue weighted by molar-refractivity contribution is 6.32. The Bertz CT molecular complexity index is 919. The number of carbonyl (C=O) groups is 1. The van der Waals surface area contributed by atoms with Crippen LogP contribution in [0.2, 0.25) is 5.02 Å². The summed E-state index contributed by atoms with van der Waals surface area (Å²) in [6.45, 7) is 5.62. The zero-order valence-corrected chi connectivity index (χ0v) is 16.2. The molecule has 140 valence electrons. The Balaban J connectivity index is 1.56. The molecule has 1 N–H and O–H groups in total. The summed E-state index contributed by atoms with van der Waals surface area (Å²) in [6.07, 6.45) is 1.74. The largest absolute Gasteiger partial charge is 0.487 e. The first-order valence-corrected chi connectivity index (χ1v) is 9.21. The minimum atomic E-state index is -0.118. The molecule has 6 heteroatoms. The van der Waals surface area contributed by atoms with Crippen LogP contribution in [0.5, 0.6) is 5.75 Å². The van der Waals surface area contributed by atoms with E-state index in [9.17, 15) is 4.79 Å². The van der Waals surface area contributed by atoms with Gasteiger partial charge in [0.2, 0.25) is 0 Å². The summed E-state index contributed by atoms with van der Waals surface area (Å²) < 4.78 is 7.64. The Labute approximate surface area is 163 Å². The predicted octanol–water partition coefficient (Wildman–Crippen LogP) is 4.37. The van der Waals surface area contributed by atoms with Crippen molar-refractivity contribution < 1.29 is 9.53 Å². The molecule has 27 heavy (non-hydrogen) atoms. The molecular weight excluding hydrogens is 362 g/mol. The maximum absolute atomic E-state index is 12.3.